The fourth-order valence-electron chi connectivity index (χ4n) is 2.35. The largest absolute Gasteiger partial charge is 0.268 e. The third-order valence-corrected chi connectivity index (χ3v) is 3.42. The predicted molar refractivity (Wildman–Crippen MR) is 69.5 cm³/mol. The predicted octanol–water partition coefficient (Wildman–Crippen LogP) is 1.96. The Bertz CT molecular complexity index is 339. The van der Waals surface area contributed by atoms with Gasteiger partial charge in [0.05, 0.1) is 17.9 Å². The van der Waals surface area contributed by atoms with Gasteiger partial charge in [0.2, 0.25) is 0 Å². The molecule has 96 valence electrons. The van der Waals surface area contributed by atoms with Gasteiger partial charge in [-0.05, 0) is 32.3 Å². The van der Waals surface area contributed by atoms with Crippen LogP contribution in [0.3, 0.4) is 0 Å². The van der Waals surface area contributed by atoms with Gasteiger partial charge in [0.25, 0.3) is 0 Å². The lowest BCUT2D eigenvalue weighted by Gasteiger charge is -2.27. The van der Waals surface area contributed by atoms with E-state index in [0.717, 1.165) is 19.5 Å². The fourth-order valence-corrected chi connectivity index (χ4v) is 2.35. The van der Waals surface area contributed by atoms with Crippen molar-refractivity contribution < 1.29 is 0 Å². The van der Waals surface area contributed by atoms with Gasteiger partial charge in [-0.15, -0.1) is 0 Å². The number of piperidine rings is 1. The summed E-state index contributed by atoms with van der Waals surface area (Å²) in [6.07, 6.45) is 5.04. The van der Waals surface area contributed by atoms with Crippen molar-refractivity contribution in [1.82, 2.24) is 20.2 Å². The molecule has 1 aliphatic heterocycles. The third-order valence-electron chi connectivity index (χ3n) is 3.42. The van der Waals surface area contributed by atoms with E-state index in [2.05, 4.69) is 40.1 Å². The smallest absolute Gasteiger partial charge is 0.0625 e. The zero-order valence-corrected chi connectivity index (χ0v) is 11.1. The molecule has 1 aromatic rings. The first-order valence-electron chi connectivity index (χ1n) is 6.87. The zero-order chi connectivity index (χ0) is 12.1. The van der Waals surface area contributed by atoms with E-state index >= 15 is 0 Å². The third kappa shape index (κ3) is 3.30. The van der Waals surface area contributed by atoms with Crippen LogP contribution in [0.15, 0.2) is 6.07 Å². The number of hydrazine groups is 1. The number of aromatic nitrogens is 2. The molecule has 1 aliphatic rings. The van der Waals surface area contributed by atoms with Crippen LogP contribution in [0.1, 0.15) is 44.5 Å². The van der Waals surface area contributed by atoms with Crippen molar-refractivity contribution in [1.29, 1.82) is 0 Å². The van der Waals surface area contributed by atoms with Gasteiger partial charge in [0, 0.05) is 19.6 Å². The number of nitrogens with one attached hydrogen (secondary N) is 1. The minimum Gasteiger partial charge on any atom is -0.268 e. The SMILES string of the molecule is CCc1cc(CNN2CCCCC2)n(CC)n1. The monoisotopic (exact) mass is 236 g/mol. The second kappa shape index (κ2) is 6.17. The van der Waals surface area contributed by atoms with Crippen molar-refractivity contribution in [3.05, 3.63) is 17.5 Å². The summed E-state index contributed by atoms with van der Waals surface area (Å²) in [5, 5.41) is 6.92. The van der Waals surface area contributed by atoms with Crippen molar-refractivity contribution in [2.45, 2.75) is 52.6 Å². The zero-order valence-electron chi connectivity index (χ0n) is 11.1. The summed E-state index contributed by atoms with van der Waals surface area (Å²) in [4.78, 5) is 0. The first-order chi connectivity index (χ1) is 8.33. The lowest BCUT2D eigenvalue weighted by Crippen LogP contribution is -2.41. The molecule has 1 saturated heterocycles. The highest BCUT2D eigenvalue weighted by Gasteiger charge is 2.11. The average molecular weight is 236 g/mol. The van der Waals surface area contributed by atoms with E-state index in [-0.39, 0.29) is 0 Å². The first-order valence-corrected chi connectivity index (χ1v) is 6.87. The molecule has 2 rings (SSSR count). The van der Waals surface area contributed by atoms with Crippen molar-refractivity contribution in [2.24, 2.45) is 0 Å². The Morgan fingerprint density at radius 2 is 2.00 bits per heavy atom. The lowest BCUT2D eigenvalue weighted by atomic mass is 10.2. The summed E-state index contributed by atoms with van der Waals surface area (Å²) in [6.45, 7) is 8.53. The van der Waals surface area contributed by atoms with Crippen molar-refractivity contribution in [3.63, 3.8) is 0 Å². The summed E-state index contributed by atoms with van der Waals surface area (Å²) in [6, 6.07) is 2.22. The summed E-state index contributed by atoms with van der Waals surface area (Å²) < 4.78 is 2.11. The molecule has 0 atom stereocenters. The van der Waals surface area contributed by atoms with Gasteiger partial charge in [-0.3, -0.25) is 4.68 Å². The fraction of sp³-hybridized carbons (Fsp3) is 0.769. The molecule has 4 heteroatoms. The maximum Gasteiger partial charge on any atom is 0.0625 e. The number of aryl methyl sites for hydroxylation is 2. The lowest BCUT2D eigenvalue weighted by molar-refractivity contribution is 0.149. The van der Waals surface area contributed by atoms with Crippen molar-refractivity contribution in [2.75, 3.05) is 13.1 Å². The topological polar surface area (TPSA) is 33.1 Å². The van der Waals surface area contributed by atoms with E-state index in [4.69, 9.17) is 0 Å². The van der Waals surface area contributed by atoms with Gasteiger partial charge in [-0.1, -0.05) is 13.3 Å². The molecule has 0 radical (unpaired) electrons. The van der Waals surface area contributed by atoms with E-state index in [1.165, 1.54) is 43.7 Å². The molecule has 1 aromatic heterocycles. The Kier molecular flexibility index (Phi) is 4.57. The molecule has 4 nitrogen and oxygen atoms in total. The molecule has 2 heterocycles. The highest BCUT2D eigenvalue weighted by atomic mass is 15.5. The minimum atomic E-state index is 0.904. The standard InChI is InChI=1S/C13H24N4/c1-3-12-10-13(17(4-2)15-12)11-14-16-8-6-5-7-9-16/h10,14H,3-9,11H2,1-2H3. The van der Waals surface area contributed by atoms with Crippen LogP contribution in [0.4, 0.5) is 0 Å². The minimum absolute atomic E-state index is 0.904. The van der Waals surface area contributed by atoms with E-state index < -0.39 is 0 Å². The second-order valence-corrected chi connectivity index (χ2v) is 4.68. The van der Waals surface area contributed by atoms with Crippen LogP contribution >= 0.6 is 0 Å². The van der Waals surface area contributed by atoms with Gasteiger partial charge < -0.3 is 0 Å². The summed E-state index contributed by atoms with van der Waals surface area (Å²) >= 11 is 0. The van der Waals surface area contributed by atoms with E-state index in [0.29, 0.717) is 0 Å². The number of hydrogen-bond donors (Lipinski definition) is 1. The van der Waals surface area contributed by atoms with Crippen LogP contribution in [0.2, 0.25) is 0 Å². The van der Waals surface area contributed by atoms with Crippen LogP contribution in [-0.4, -0.2) is 27.9 Å². The van der Waals surface area contributed by atoms with Crippen molar-refractivity contribution >= 4 is 0 Å². The van der Waals surface area contributed by atoms with Crippen LogP contribution in [0, 0.1) is 0 Å². The van der Waals surface area contributed by atoms with E-state index in [1.807, 2.05) is 0 Å². The molecular weight excluding hydrogens is 212 g/mol. The summed E-state index contributed by atoms with van der Waals surface area (Å²) in [5.41, 5.74) is 6.02. The van der Waals surface area contributed by atoms with E-state index in [9.17, 15) is 0 Å². The highest BCUT2D eigenvalue weighted by Crippen LogP contribution is 2.08. The Balaban J connectivity index is 1.90. The number of rotatable bonds is 5. The van der Waals surface area contributed by atoms with E-state index in [1.54, 1.807) is 0 Å². The second-order valence-electron chi connectivity index (χ2n) is 4.68. The van der Waals surface area contributed by atoms with Gasteiger partial charge in [0.15, 0.2) is 0 Å². The Hall–Kier alpha value is -0.870. The Morgan fingerprint density at radius 3 is 2.65 bits per heavy atom. The number of nitrogens with zero attached hydrogens (tertiary/aromatic N) is 3. The molecule has 0 unspecified atom stereocenters. The molecule has 0 aromatic carbocycles. The Labute approximate surface area is 104 Å². The normalized spacial score (nSPS) is 17.5. The first kappa shape index (κ1) is 12.6. The molecule has 0 spiro atoms. The molecular formula is C13H24N4. The molecule has 0 saturated carbocycles. The van der Waals surface area contributed by atoms with Gasteiger partial charge in [0.1, 0.15) is 0 Å². The average Bonchev–Trinajstić information content (AvgIpc) is 2.80. The molecule has 17 heavy (non-hydrogen) atoms. The molecule has 0 amide bonds. The van der Waals surface area contributed by atoms with Gasteiger partial charge >= 0.3 is 0 Å². The van der Waals surface area contributed by atoms with Crippen LogP contribution in [0.25, 0.3) is 0 Å². The quantitative estimate of drug-likeness (QED) is 0.848. The Morgan fingerprint density at radius 1 is 1.24 bits per heavy atom. The maximum absolute atomic E-state index is 4.57. The molecule has 1 N–H and O–H groups in total. The van der Waals surface area contributed by atoms with Crippen molar-refractivity contribution in [3.8, 4) is 0 Å². The van der Waals surface area contributed by atoms with Crippen LogP contribution in [-0.2, 0) is 19.5 Å². The summed E-state index contributed by atoms with van der Waals surface area (Å²) in [5.74, 6) is 0. The van der Waals surface area contributed by atoms with Gasteiger partial charge in [-0.25, -0.2) is 10.4 Å². The number of hydrogen-bond acceptors (Lipinski definition) is 3. The molecule has 0 bridgehead atoms. The summed E-state index contributed by atoms with van der Waals surface area (Å²) in [7, 11) is 0. The highest BCUT2D eigenvalue weighted by molar-refractivity contribution is 5.10. The molecule has 1 fully saturated rings. The van der Waals surface area contributed by atoms with Gasteiger partial charge in [-0.2, -0.15) is 5.10 Å². The van der Waals surface area contributed by atoms with Crippen LogP contribution < -0.4 is 5.43 Å². The maximum atomic E-state index is 4.57. The van der Waals surface area contributed by atoms with Crippen LogP contribution in [0.5, 0.6) is 0 Å². The molecule has 0 aliphatic carbocycles.